The minimum Gasteiger partial charge on any atom is -0.329 e. The van der Waals surface area contributed by atoms with E-state index in [1.807, 2.05) is 6.07 Å². The maximum atomic E-state index is 13.4. The molecule has 7 nitrogen and oxygen atoms in total. The predicted molar refractivity (Wildman–Crippen MR) is 76.8 cm³/mol. The van der Waals surface area contributed by atoms with E-state index < -0.39 is 5.82 Å². The van der Waals surface area contributed by atoms with Gasteiger partial charge in [0.25, 0.3) is 0 Å². The number of imidazole rings is 1. The largest absolute Gasteiger partial charge is 0.329 e. The summed E-state index contributed by atoms with van der Waals surface area (Å²) < 4.78 is 14.6. The molecule has 0 aliphatic rings. The normalized spacial score (nSPS) is 10.6. The number of halogens is 3. The number of rotatable bonds is 2. The molecule has 1 N–H and O–H groups in total. The van der Waals surface area contributed by atoms with Crippen LogP contribution < -0.4 is 0 Å². The molecule has 0 unspecified atom stereocenters. The fourth-order valence-corrected chi connectivity index (χ4v) is 2.16. The van der Waals surface area contributed by atoms with Crippen LogP contribution in [0, 0.1) is 17.1 Å². The van der Waals surface area contributed by atoms with Crippen molar-refractivity contribution in [3.05, 3.63) is 38.8 Å². The van der Waals surface area contributed by atoms with Crippen LogP contribution in [0.5, 0.6) is 0 Å². The van der Waals surface area contributed by atoms with Crippen molar-refractivity contribution in [2.24, 2.45) is 0 Å². The summed E-state index contributed by atoms with van der Waals surface area (Å²) in [6, 6.07) is 5.66. The van der Waals surface area contributed by atoms with Crippen LogP contribution in [0.2, 0.25) is 0 Å². The molecule has 2 heterocycles. The summed E-state index contributed by atoms with van der Waals surface area (Å²) >= 11 is 6.50. The Labute approximate surface area is 134 Å². The number of hydrogen-bond donors (Lipinski definition) is 1. The lowest BCUT2D eigenvalue weighted by atomic mass is 10.2. The maximum Gasteiger partial charge on any atom is 0.240 e. The smallest absolute Gasteiger partial charge is 0.240 e. The Bertz CT molecular complexity index is 844. The topological polar surface area (TPSA) is 96.1 Å². The third kappa shape index (κ3) is 2.70. The van der Waals surface area contributed by atoms with Gasteiger partial charge in [-0.1, -0.05) is 0 Å². The lowest BCUT2D eigenvalue weighted by Crippen LogP contribution is -2.00. The Morgan fingerprint density at radius 3 is 2.76 bits per heavy atom. The van der Waals surface area contributed by atoms with Crippen molar-refractivity contribution in [2.75, 3.05) is 0 Å². The molecule has 3 rings (SSSR count). The Morgan fingerprint density at radius 2 is 2.10 bits per heavy atom. The summed E-state index contributed by atoms with van der Waals surface area (Å²) in [7, 11) is 0. The number of aromatic amines is 1. The number of nitriles is 1. The van der Waals surface area contributed by atoms with Crippen LogP contribution in [-0.2, 0) is 0 Å². The van der Waals surface area contributed by atoms with Crippen LogP contribution in [0.15, 0.2) is 27.4 Å². The Balaban J connectivity index is 2.02. The molecule has 21 heavy (non-hydrogen) atoms. The predicted octanol–water partition coefficient (Wildman–Crippen LogP) is 2.59. The second kappa shape index (κ2) is 5.34. The zero-order valence-corrected chi connectivity index (χ0v) is 13.2. The Hall–Kier alpha value is -2.12. The highest BCUT2D eigenvalue weighted by atomic mass is 79.9. The number of tetrazole rings is 1. The van der Waals surface area contributed by atoms with E-state index in [9.17, 15) is 4.39 Å². The van der Waals surface area contributed by atoms with E-state index >= 15 is 0 Å². The van der Waals surface area contributed by atoms with E-state index in [2.05, 4.69) is 57.2 Å². The van der Waals surface area contributed by atoms with Gasteiger partial charge in [-0.25, -0.2) is 9.37 Å². The summed E-state index contributed by atoms with van der Waals surface area (Å²) in [5, 5.41) is 20.6. The third-order valence-electron chi connectivity index (χ3n) is 2.49. The van der Waals surface area contributed by atoms with Gasteiger partial charge in [-0.15, -0.1) is 15.0 Å². The number of benzene rings is 1. The van der Waals surface area contributed by atoms with E-state index in [0.29, 0.717) is 20.7 Å². The van der Waals surface area contributed by atoms with Gasteiger partial charge < -0.3 is 4.98 Å². The minimum atomic E-state index is -0.550. The van der Waals surface area contributed by atoms with Crippen molar-refractivity contribution >= 4 is 31.9 Å². The molecule has 10 heteroatoms. The fraction of sp³-hybridized carbons (Fsp3) is 0. The monoisotopic (exact) mass is 411 g/mol. The molecule has 0 radical (unpaired) electrons. The van der Waals surface area contributed by atoms with Crippen LogP contribution in [0.1, 0.15) is 5.56 Å². The zero-order valence-electron chi connectivity index (χ0n) is 10.0. The van der Waals surface area contributed by atoms with Crippen LogP contribution in [0.3, 0.4) is 0 Å². The number of nitrogens with zero attached hydrogens (tertiary/aromatic N) is 6. The molecule has 0 saturated heterocycles. The molecule has 0 aliphatic carbocycles. The molecule has 0 aliphatic heterocycles. The summed E-state index contributed by atoms with van der Waals surface area (Å²) in [4.78, 5) is 8.19. The highest BCUT2D eigenvalue weighted by molar-refractivity contribution is 9.13. The summed E-state index contributed by atoms with van der Waals surface area (Å²) in [5.74, 6) is 0.0902. The van der Waals surface area contributed by atoms with Gasteiger partial charge in [0, 0.05) is 6.07 Å². The van der Waals surface area contributed by atoms with Gasteiger partial charge in [0.05, 0.1) is 17.3 Å². The first kappa shape index (κ1) is 13.8. The van der Waals surface area contributed by atoms with Crippen LogP contribution in [-0.4, -0.2) is 30.2 Å². The number of hydrogen-bond acceptors (Lipinski definition) is 5. The highest BCUT2D eigenvalue weighted by Gasteiger charge is 2.14. The van der Waals surface area contributed by atoms with Gasteiger partial charge in [0.15, 0.2) is 5.82 Å². The highest BCUT2D eigenvalue weighted by Crippen LogP contribution is 2.23. The Morgan fingerprint density at radius 1 is 1.29 bits per heavy atom. The number of aromatic nitrogens is 6. The van der Waals surface area contributed by atoms with E-state index in [-0.39, 0.29) is 11.4 Å². The van der Waals surface area contributed by atoms with Gasteiger partial charge in [0.1, 0.15) is 15.0 Å². The van der Waals surface area contributed by atoms with Crippen LogP contribution in [0.4, 0.5) is 4.39 Å². The molecule has 3 aromatic rings. The van der Waals surface area contributed by atoms with E-state index in [4.69, 9.17) is 5.26 Å². The van der Waals surface area contributed by atoms with Crippen molar-refractivity contribution in [3.63, 3.8) is 0 Å². The van der Waals surface area contributed by atoms with E-state index in [1.165, 1.54) is 12.1 Å². The minimum absolute atomic E-state index is 0.173. The average Bonchev–Trinajstić information content (AvgIpc) is 3.06. The van der Waals surface area contributed by atoms with Gasteiger partial charge in [-0.3, -0.25) is 0 Å². The quantitative estimate of drug-likeness (QED) is 0.697. The van der Waals surface area contributed by atoms with Crippen molar-refractivity contribution in [3.8, 4) is 23.4 Å². The summed E-state index contributed by atoms with van der Waals surface area (Å²) in [6.45, 7) is 0. The second-order valence-electron chi connectivity index (χ2n) is 3.90. The SMILES string of the molecule is N#Cc1cc(F)cc(-n2nnc(-c3nc(Br)c(Br)[nH]3)n2)c1. The van der Waals surface area contributed by atoms with Crippen molar-refractivity contribution < 1.29 is 4.39 Å². The molecule has 0 fully saturated rings. The standard InChI is InChI=1S/C11H4Br2FN7/c12-8-9(13)17-10(16-8)11-18-20-21(19-11)7-2-5(4-15)1-6(14)3-7/h1-3H,(H,16,17). The van der Waals surface area contributed by atoms with E-state index in [0.717, 1.165) is 10.9 Å². The van der Waals surface area contributed by atoms with Crippen molar-refractivity contribution in [1.82, 2.24) is 30.2 Å². The second-order valence-corrected chi connectivity index (χ2v) is 5.45. The van der Waals surface area contributed by atoms with Crippen LogP contribution >= 0.6 is 31.9 Å². The molecular weight excluding hydrogens is 409 g/mol. The average molecular weight is 413 g/mol. The summed E-state index contributed by atoms with van der Waals surface area (Å²) in [6.07, 6.45) is 0. The first-order valence-electron chi connectivity index (χ1n) is 5.49. The number of H-pyrrole nitrogens is 1. The van der Waals surface area contributed by atoms with Gasteiger partial charge >= 0.3 is 0 Å². The molecule has 2 aromatic heterocycles. The molecule has 0 atom stereocenters. The van der Waals surface area contributed by atoms with Gasteiger partial charge in [-0.05, 0) is 49.2 Å². The van der Waals surface area contributed by atoms with Gasteiger partial charge in [0.2, 0.25) is 5.82 Å². The van der Waals surface area contributed by atoms with Crippen LogP contribution in [0.25, 0.3) is 17.3 Å². The van der Waals surface area contributed by atoms with E-state index in [1.54, 1.807) is 0 Å². The lowest BCUT2D eigenvalue weighted by molar-refractivity contribution is 0.620. The maximum absolute atomic E-state index is 13.4. The van der Waals surface area contributed by atoms with Crippen molar-refractivity contribution in [2.45, 2.75) is 0 Å². The lowest BCUT2D eigenvalue weighted by Gasteiger charge is -1.99. The third-order valence-corrected chi connectivity index (χ3v) is 4.17. The fourth-order valence-electron chi connectivity index (χ4n) is 1.61. The molecule has 1 aromatic carbocycles. The van der Waals surface area contributed by atoms with Gasteiger partial charge in [-0.2, -0.15) is 5.26 Å². The first-order valence-corrected chi connectivity index (χ1v) is 7.08. The van der Waals surface area contributed by atoms with Crippen molar-refractivity contribution in [1.29, 1.82) is 5.26 Å². The molecule has 0 bridgehead atoms. The number of nitrogens with one attached hydrogen (secondary N) is 1. The molecule has 0 spiro atoms. The molecule has 0 saturated carbocycles. The molecule has 0 amide bonds. The zero-order chi connectivity index (χ0) is 15.0. The Kier molecular flexibility index (Phi) is 3.52. The molecular formula is C11H4Br2FN7. The molecule has 104 valence electrons. The summed E-state index contributed by atoms with van der Waals surface area (Å²) in [5.41, 5.74) is 0.474. The first-order chi connectivity index (χ1) is 10.1.